The lowest BCUT2D eigenvalue weighted by Gasteiger charge is -2.37. The number of hydrogen-bond acceptors (Lipinski definition) is 4. The van der Waals surface area contributed by atoms with E-state index in [0.717, 1.165) is 75.4 Å². The van der Waals surface area contributed by atoms with Crippen LogP contribution in [0, 0.1) is 5.92 Å². The standard InChI is InChI=1S/C25H33N3O2/c1-27-14-11-20(12-15-27)25(29)28-13-5-7-21(18-28)24-10-4-8-22(26-24)16-19-6-3-9-23(17-19)30-2/h3-4,6,8-10,17,20-21H,5,7,11-16,18H2,1-2H3/t21-/m0/s1. The van der Waals surface area contributed by atoms with Gasteiger partial charge in [0.25, 0.3) is 0 Å². The Labute approximate surface area is 180 Å². The number of rotatable bonds is 5. The molecule has 1 aromatic carbocycles. The molecule has 1 aromatic heterocycles. The third kappa shape index (κ3) is 5.01. The molecule has 0 spiro atoms. The molecule has 0 radical (unpaired) electrons. The van der Waals surface area contributed by atoms with Gasteiger partial charge < -0.3 is 14.5 Å². The van der Waals surface area contributed by atoms with Crippen LogP contribution in [0.25, 0.3) is 0 Å². The predicted molar refractivity (Wildman–Crippen MR) is 119 cm³/mol. The first kappa shape index (κ1) is 20.9. The molecule has 0 N–H and O–H groups in total. The number of methoxy groups -OCH3 is 1. The van der Waals surface area contributed by atoms with Gasteiger partial charge in [0.05, 0.1) is 7.11 Å². The lowest BCUT2D eigenvalue weighted by molar-refractivity contribution is -0.138. The molecule has 5 nitrogen and oxygen atoms in total. The Morgan fingerprint density at radius 2 is 1.90 bits per heavy atom. The average Bonchev–Trinajstić information content (AvgIpc) is 2.79. The van der Waals surface area contributed by atoms with Crippen LogP contribution in [0.1, 0.15) is 48.6 Å². The molecule has 0 saturated carbocycles. The molecular formula is C25H33N3O2. The van der Waals surface area contributed by atoms with Gasteiger partial charge in [-0.15, -0.1) is 0 Å². The van der Waals surface area contributed by atoms with Gasteiger partial charge in [-0.3, -0.25) is 9.78 Å². The van der Waals surface area contributed by atoms with Crippen molar-refractivity contribution in [3.8, 4) is 5.75 Å². The van der Waals surface area contributed by atoms with Crippen molar-refractivity contribution in [1.29, 1.82) is 0 Å². The molecule has 1 amide bonds. The van der Waals surface area contributed by atoms with Crippen molar-refractivity contribution in [3.05, 3.63) is 59.4 Å². The SMILES string of the molecule is COc1cccc(Cc2cccc([C@H]3CCCN(C(=O)C4CCN(C)CC4)C3)n2)c1. The first-order valence-corrected chi connectivity index (χ1v) is 11.2. The Morgan fingerprint density at radius 1 is 1.10 bits per heavy atom. The van der Waals surface area contributed by atoms with Crippen LogP contribution in [-0.2, 0) is 11.2 Å². The molecular weight excluding hydrogens is 374 g/mol. The van der Waals surface area contributed by atoms with Crippen LogP contribution in [0.5, 0.6) is 5.75 Å². The molecule has 1 atom stereocenters. The maximum atomic E-state index is 13.1. The number of ether oxygens (including phenoxy) is 1. The Morgan fingerprint density at radius 3 is 2.70 bits per heavy atom. The van der Waals surface area contributed by atoms with Crippen molar-refractivity contribution >= 4 is 5.91 Å². The van der Waals surface area contributed by atoms with Gasteiger partial charge in [0, 0.05) is 42.7 Å². The first-order valence-electron chi connectivity index (χ1n) is 11.2. The maximum Gasteiger partial charge on any atom is 0.225 e. The van der Waals surface area contributed by atoms with Gasteiger partial charge in [-0.2, -0.15) is 0 Å². The minimum Gasteiger partial charge on any atom is -0.497 e. The molecule has 0 aliphatic carbocycles. The van der Waals surface area contributed by atoms with Gasteiger partial charge in [0.15, 0.2) is 0 Å². The third-order valence-electron chi connectivity index (χ3n) is 6.57. The van der Waals surface area contributed by atoms with Crippen LogP contribution >= 0.6 is 0 Å². The van der Waals surface area contributed by atoms with Gasteiger partial charge in [0.2, 0.25) is 5.91 Å². The first-order chi connectivity index (χ1) is 14.6. The van der Waals surface area contributed by atoms with Gasteiger partial charge in [-0.1, -0.05) is 18.2 Å². The van der Waals surface area contributed by atoms with Crippen LogP contribution in [0.4, 0.5) is 0 Å². The highest BCUT2D eigenvalue weighted by Gasteiger charge is 2.31. The fourth-order valence-electron chi connectivity index (χ4n) is 4.75. The van der Waals surface area contributed by atoms with Crippen molar-refractivity contribution in [2.75, 3.05) is 40.3 Å². The predicted octanol–water partition coefficient (Wildman–Crippen LogP) is 3.73. The van der Waals surface area contributed by atoms with E-state index >= 15 is 0 Å². The molecule has 2 saturated heterocycles. The van der Waals surface area contributed by atoms with E-state index < -0.39 is 0 Å². The number of hydrogen-bond donors (Lipinski definition) is 0. The highest BCUT2D eigenvalue weighted by molar-refractivity contribution is 5.79. The number of benzene rings is 1. The fraction of sp³-hybridized carbons (Fsp3) is 0.520. The van der Waals surface area contributed by atoms with E-state index in [1.165, 1.54) is 5.56 Å². The number of nitrogens with zero attached hydrogens (tertiary/aromatic N) is 3. The van der Waals surface area contributed by atoms with E-state index in [-0.39, 0.29) is 5.92 Å². The average molecular weight is 408 g/mol. The second kappa shape index (κ2) is 9.61. The molecule has 30 heavy (non-hydrogen) atoms. The Kier molecular flexibility index (Phi) is 6.68. The lowest BCUT2D eigenvalue weighted by Crippen LogP contribution is -2.45. The molecule has 2 fully saturated rings. The summed E-state index contributed by atoms with van der Waals surface area (Å²) in [7, 11) is 3.83. The topological polar surface area (TPSA) is 45.7 Å². The number of pyridine rings is 1. The summed E-state index contributed by atoms with van der Waals surface area (Å²) in [6.07, 6.45) is 4.93. The molecule has 2 aliphatic heterocycles. The van der Waals surface area contributed by atoms with E-state index in [4.69, 9.17) is 9.72 Å². The minimum absolute atomic E-state index is 0.201. The molecule has 0 bridgehead atoms. The van der Waals surface area contributed by atoms with Gasteiger partial charge in [-0.25, -0.2) is 0 Å². The van der Waals surface area contributed by atoms with E-state index in [1.54, 1.807) is 7.11 Å². The second-order valence-electron chi connectivity index (χ2n) is 8.78. The Hall–Kier alpha value is -2.40. The zero-order valence-electron chi connectivity index (χ0n) is 18.2. The Balaban J connectivity index is 1.42. The van der Waals surface area contributed by atoms with E-state index in [0.29, 0.717) is 11.8 Å². The minimum atomic E-state index is 0.201. The van der Waals surface area contributed by atoms with Crippen molar-refractivity contribution < 1.29 is 9.53 Å². The Bertz CT molecular complexity index is 861. The molecule has 2 aromatic rings. The summed E-state index contributed by atoms with van der Waals surface area (Å²) < 4.78 is 5.34. The molecule has 2 aliphatic rings. The number of aromatic nitrogens is 1. The van der Waals surface area contributed by atoms with Crippen LogP contribution in [0.2, 0.25) is 0 Å². The van der Waals surface area contributed by atoms with Crippen molar-refractivity contribution in [2.45, 2.75) is 38.0 Å². The summed E-state index contributed by atoms with van der Waals surface area (Å²) in [5, 5.41) is 0. The number of piperidine rings is 2. The van der Waals surface area contributed by atoms with Gasteiger partial charge >= 0.3 is 0 Å². The summed E-state index contributed by atoms with van der Waals surface area (Å²) in [6, 6.07) is 14.5. The monoisotopic (exact) mass is 407 g/mol. The number of carbonyl (C=O) groups excluding carboxylic acids is 1. The third-order valence-corrected chi connectivity index (χ3v) is 6.57. The quantitative estimate of drug-likeness (QED) is 0.758. The van der Waals surface area contributed by atoms with Crippen molar-refractivity contribution in [3.63, 3.8) is 0 Å². The molecule has 0 unspecified atom stereocenters. The fourth-order valence-corrected chi connectivity index (χ4v) is 4.75. The molecule has 3 heterocycles. The number of carbonyl (C=O) groups is 1. The molecule has 160 valence electrons. The number of amides is 1. The summed E-state index contributed by atoms with van der Waals surface area (Å²) in [4.78, 5) is 22.5. The molecule has 4 rings (SSSR count). The summed E-state index contributed by atoms with van der Waals surface area (Å²) in [6.45, 7) is 3.76. The second-order valence-corrected chi connectivity index (χ2v) is 8.78. The zero-order valence-corrected chi connectivity index (χ0v) is 18.2. The molecule has 5 heteroatoms. The van der Waals surface area contributed by atoms with Crippen LogP contribution in [0.15, 0.2) is 42.5 Å². The normalized spacial score (nSPS) is 20.9. The number of likely N-dealkylation sites (tertiary alicyclic amines) is 2. The van der Waals surface area contributed by atoms with E-state index in [9.17, 15) is 4.79 Å². The summed E-state index contributed by atoms with van der Waals surface area (Å²) in [5.41, 5.74) is 3.39. The van der Waals surface area contributed by atoms with Crippen LogP contribution < -0.4 is 4.74 Å². The van der Waals surface area contributed by atoms with Crippen LogP contribution in [-0.4, -0.2) is 61.0 Å². The maximum absolute atomic E-state index is 13.1. The van der Waals surface area contributed by atoms with Gasteiger partial charge in [-0.05, 0) is 75.6 Å². The largest absolute Gasteiger partial charge is 0.497 e. The lowest BCUT2D eigenvalue weighted by atomic mass is 9.90. The van der Waals surface area contributed by atoms with Gasteiger partial charge in [0.1, 0.15) is 5.75 Å². The van der Waals surface area contributed by atoms with Crippen molar-refractivity contribution in [1.82, 2.24) is 14.8 Å². The smallest absolute Gasteiger partial charge is 0.225 e. The highest BCUT2D eigenvalue weighted by Crippen LogP contribution is 2.29. The summed E-state index contributed by atoms with van der Waals surface area (Å²) in [5.74, 6) is 1.77. The highest BCUT2D eigenvalue weighted by atomic mass is 16.5. The zero-order chi connectivity index (χ0) is 20.9. The summed E-state index contributed by atoms with van der Waals surface area (Å²) >= 11 is 0. The van der Waals surface area contributed by atoms with E-state index in [1.807, 2.05) is 12.1 Å². The van der Waals surface area contributed by atoms with Crippen molar-refractivity contribution in [2.24, 2.45) is 5.92 Å². The van der Waals surface area contributed by atoms with E-state index in [2.05, 4.69) is 47.2 Å². The van der Waals surface area contributed by atoms with Crippen LogP contribution in [0.3, 0.4) is 0 Å².